The molecule has 0 aliphatic carbocycles. The minimum atomic E-state index is -0.353. The Bertz CT molecular complexity index is 557. The van der Waals surface area contributed by atoms with Gasteiger partial charge in [-0.1, -0.05) is 29.8 Å². The summed E-state index contributed by atoms with van der Waals surface area (Å²) in [5.74, 6) is 0. The summed E-state index contributed by atoms with van der Waals surface area (Å²) in [6.45, 7) is 1.83. The molecule has 1 heterocycles. The molecule has 2 aromatic rings. The van der Waals surface area contributed by atoms with E-state index in [1.807, 2.05) is 25.1 Å². The van der Waals surface area contributed by atoms with Gasteiger partial charge in [-0.15, -0.1) is 0 Å². The van der Waals surface area contributed by atoms with E-state index in [4.69, 9.17) is 11.6 Å². The van der Waals surface area contributed by atoms with Gasteiger partial charge in [0.05, 0.1) is 5.69 Å². The molecule has 2 rings (SSSR count). The molecule has 0 spiro atoms. The molecule has 1 aromatic carbocycles. The molecule has 4 nitrogen and oxygen atoms in total. The monoisotopic (exact) mass is 261 g/mol. The number of hydrogen-bond acceptors (Lipinski definition) is 2. The zero-order valence-corrected chi connectivity index (χ0v) is 10.5. The lowest BCUT2D eigenvalue weighted by Crippen LogP contribution is -2.19. The first-order chi connectivity index (χ1) is 8.65. The summed E-state index contributed by atoms with van der Waals surface area (Å²) in [6, 6.07) is 12.3. The summed E-state index contributed by atoms with van der Waals surface area (Å²) < 4.78 is 0. The van der Waals surface area contributed by atoms with Crippen LogP contribution in [0.1, 0.15) is 5.69 Å². The van der Waals surface area contributed by atoms with E-state index < -0.39 is 0 Å². The standard InChI is InChI=1S/C13H12ClN3O/c1-9-7-8-11(12(14)15-9)17-13(18)16-10-5-3-2-4-6-10/h2-8H,1H3,(H2,16,17,18). The van der Waals surface area contributed by atoms with Crippen molar-refractivity contribution in [1.82, 2.24) is 4.98 Å². The molecule has 0 bridgehead atoms. The van der Waals surface area contributed by atoms with Crippen LogP contribution < -0.4 is 10.6 Å². The third-order valence-corrected chi connectivity index (χ3v) is 2.56. The van der Waals surface area contributed by atoms with E-state index in [2.05, 4.69) is 15.6 Å². The number of carbonyl (C=O) groups is 1. The van der Waals surface area contributed by atoms with Crippen LogP contribution in [0.5, 0.6) is 0 Å². The highest BCUT2D eigenvalue weighted by molar-refractivity contribution is 6.32. The summed E-state index contributed by atoms with van der Waals surface area (Å²) in [5, 5.41) is 5.61. The summed E-state index contributed by atoms with van der Waals surface area (Å²) in [6.07, 6.45) is 0. The van der Waals surface area contributed by atoms with Crippen LogP contribution in [0, 0.1) is 6.92 Å². The van der Waals surface area contributed by atoms with Crippen LogP contribution >= 0.6 is 11.6 Å². The first-order valence-electron chi connectivity index (χ1n) is 5.41. The van der Waals surface area contributed by atoms with Gasteiger partial charge >= 0.3 is 6.03 Å². The number of para-hydroxylation sites is 1. The lowest BCUT2D eigenvalue weighted by molar-refractivity contribution is 0.262. The van der Waals surface area contributed by atoms with Crippen LogP contribution in [0.3, 0.4) is 0 Å². The molecule has 1 aromatic heterocycles. The Balaban J connectivity index is 2.03. The van der Waals surface area contributed by atoms with Crippen molar-refractivity contribution in [3.05, 3.63) is 53.3 Å². The zero-order chi connectivity index (χ0) is 13.0. The predicted octanol–water partition coefficient (Wildman–Crippen LogP) is 3.69. The number of amides is 2. The van der Waals surface area contributed by atoms with Crippen molar-refractivity contribution >= 4 is 29.0 Å². The van der Waals surface area contributed by atoms with E-state index in [0.29, 0.717) is 11.4 Å². The number of urea groups is 1. The number of halogens is 1. The van der Waals surface area contributed by atoms with Gasteiger partial charge in [-0.05, 0) is 31.2 Å². The molecule has 0 atom stereocenters. The van der Waals surface area contributed by atoms with Gasteiger partial charge in [0, 0.05) is 11.4 Å². The van der Waals surface area contributed by atoms with Crippen molar-refractivity contribution in [2.75, 3.05) is 10.6 Å². The minimum Gasteiger partial charge on any atom is -0.308 e. The van der Waals surface area contributed by atoms with E-state index in [1.165, 1.54) is 0 Å². The van der Waals surface area contributed by atoms with Gasteiger partial charge in [-0.25, -0.2) is 9.78 Å². The van der Waals surface area contributed by atoms with Crippen molar-refractivity contribution in [1.29, 1.82) is 0 Å². The van der Waals surface area contributed by atoms with Crippen LogP contribution in [0.15, 0.2) is 42.5 Å². The Morgan fingerprint density at radius 1 is 1.11 bits per heavy atom. The topological polar surface area (TPSA) is 54.0 Å². The molecule has 18 heavy (non-hydrogen) atoms. The number of benzene rings is 1. The molecule has 2 N–H and O–H groups in total. The SMILES string of the molecule is Cc1ccc(NC(=O)Nc2ccccc2)c(Cl)n1. The largest absolute Gasteiger partial charge is 0.323 e. The van der Waals surface area contributed by atoms with Crippen LogP contribution in [-0.2, 0) is 0 Å². The molecule has 0 radical (unpaired) electrons. The third kappa shape index (κ3) is 3.21. The molecule has 0 aliphatic rings. The van der Waals surface area contributed by atoms with Gasteiger partial charge < -0.3 is 10.6 Å². The number of nitrogens with zero attached hydrogens (tertiary/aromatic N) is 1. The summed E-state index contributed by atoms with van der Waals surface area (Å²) in [5.41, 5.74) is 2.00. The second-order valence-electron chi connectivity index (χ2n) is 3.74. The van der Waals surface area contributed by atoms with Crippen LogP contribution in [0.25, 0.3) is 0 Å². The van der Waals surface area contributed by atoms with E-state index in [1.54, 1.807) is 24.3 Å². The zero-order valence-electron chi connectivity index (χ0n) is 9.77. The quantitative estimate of drug-likeness (QED) is 0.810. The molecule has 0 fully saturated rings. The number of rotatable bonds is 2. The fourth-order valence-corrected chi connectivity index (χ4v) is 1.67. The van der Waals surface area contributed by atoms with Gasteiger partial charge in [0.2, 0.25) is 0 Å². The molecular formula is C13H12ClN3O. The van der Waals surface area contributed by atoms with E-state index in [0.717, 1.165) is 5.69 Å². The molecule has 0 unspecified atom stereocenters. The summed E-state index contributed by atoms with van der Waals surface area (Å²) >= 11 is 5.92. The number of anilines is 2. The fourth-order valence-electron chi connectivity index (χ4n) is 1.42. The van der Waals surface area contributed by atoms with Gasteiger partial charge in [0.25, 0.3) is 0 Å². The van der Waals surface area contributed by atoms with E-state index in [-0.39, 0.29) is 11.2 Å². The maximum Gasteiger partial charge on any atom is 0.323 e. The Labute approximate surface area is 110 Å². The number of aromatic nitrogens is 1. The summed E-state index contributed by atoms with van der Waals surface area (Å²) in [4.78, 5) is 15.8. The average Bonchev–Trinajstić information content (AvgIpc) is 2.34. The number of nitrogens with one attached hydrogen (secondary N) is 2. The molecule has 2 amide bonds. The van der Waals surface area contributed by atoms with Crippen molar-refractivity contribution in [3.63, 3.8) is 0 Å². The predicted molar refractivity (Wildman–Crippen MR) is 73.1 cm³/mol. The molecule has 0 saturated heterocycles. The molecule has 92 valence electrons. The molecule has 0 saturated carbocycles. The lowest BCUT2D eigenvalue weighted by atomic mass is 10.3. The highest BCUT2D eigenvalue weighted by Gasteiger charge is 2.06. The second kappa shape index (κ2) is 5.51. The van der Waals surface area contributed by atoms with Gasteiger partial charge in [0.1, 0.15) is 0 Å². The molecule has 0 aliphatic heterocycles. The van der Waals surface area contributed by atoms with Crippen molar-refractivity contribution in [3.8, 4) is 0 Å². The Morgan fingerprint density at radius 2 is 1.83 bits per heavy atom. The number of aryl methyl sites for hydroxylation is 1. The van der Waals surface area contributed by atoms with Crippen LogP contribution in [0.2, 0.25) is 5.15 Å². The highest BCUT2D eigenvalue weighted by Crippen LogP contribution is 2.19. The number of carbonyl (C=O) groups excluding carboxylic acids is 1. The van der Waals surface area contributed by atoms with Crippen LogP contribution in [-0.4, -0.2) is 11.0 Å². The maximum absolute atomic E-state index is 11.7. The Hall–Kier alpha value is -2.07. The fraction of sp³-hybridized carbons (Fsp3) is 0.0769. The maximum atomic E-state index is 11.7. The second-order valence-corrected chi connectivity index (χ2v) is 4.09. The first kappa shape index (κ1) is 12.4. The molecule has 5 heteroatoms. The minimum absolute atomic E-state index is 0.276. The third-order valence-electron chi connectivity index (χ3n) is 2.27. The highest BCUT2D eigenvalue weighted by atomic mass is 35.5. The number of hydrogen-bond donors (Lipinski definition) is 2. The smallest absolute Gasteiger partial charge is 0.308 e. The van der Waals surface area contributed by atoms with Gasteiger partial charge in [-0.2, -0.15) is 0 Å². The van der Waals surface area contributed by atoms with Gasteiger partial charge in [-0.3, -0.25) is 0 Å². The molecular weight excluding hydrogens is 250 g/mol. The van der Waals surface area contributed by atoms with Crippen molar-refractivity contribution in [2.45, 2.75) is 6.92 Å². The van der Waals surface area contributed by atoms with E-state index in [9.17, 15) is 4.79 Å². The van der Waals surface area contributed by atoms with Crippen molar-refractivity contribution in [2.24, 2.45) is 0 Å². The average molecular weight is 262 g/mol. The van der Waals surface area contributed by atoms with E-state index >= 15 is 0 Å². The van der Waals surface area contributed by atoms with Crippen molar-refractivity contribution < 1.29 is 4.79 Å². The summed E-state index contributed by atoms with van der Waals surface area (Å²) in [7, 11) is 0. The lowest BCUT2D eigenvalue weighted by Gasteiger charge is -2.08. The normalized spacial score (nSPS) is 9.89. The van der Waals surface area contributed by atoms with Crippen LogP contribution in [0.4, 0.5) is 16.2 Å². The Kier molecular flexibility index (Phi) is 3.79. The Morgan fingerprint density at radius 3 is 2.50 bits per heavy atom. The number of pyridine rings is 1. The first-order valence-corrected chi connectivity index (χ1v) is 5.79. The van der Waals surface area contributed by atoms with Gasteiger partial charge in [0.15, 0.2) is 5.15 Å².